The van der Waals surface area contributed by atoms with Crippen molar-refractivity contribution in [1.82, 2.24) is 10.2 Å². The highest BCUT2D eigenvalue weighted by Gasteiger charge is 2.38. The molecule has 1 aliphatic rings. The van der Waals surface area contributed by atoms with E-state index in [0.29, 0.717) is 6.42 Å². The molecule has 11 heteroatoms. The highest BCUT2D eigenvalue weighted by Crippen LogP contribution is 2.19. The maximum atomic E-state index is 12.5. The highest BCUT2D eigenvalue weighted by molar-refractivity contribution is 5.94. The Morgan fingerprint density at radius 3 is 2.28 bits per heavy atom. The Balaban J connectivity index is 2.80. The van der Waals surface area contributed by atoms with Gasteiger partial charge in [-0.3, -0.25) is 19.2 Å². The predicted octanol–water partition coefficient (Wildman–Crippen LogP) is -1.79. The van der Waals surface area contributed by atoms with E-state index < -0.39 is 54.3 Å². The van der Waals surface area contributed by atoms with Crippen LogP contribution in [0, 0.1) is 0 Å². The monoisotopic (exact) mass is 359 g/mol. The Morgan fingerprint density at radius 1 is 1.12 bits per heavy atom. The van der Waals surface area contributed by atoms with Gasteiger partial charge in [-0.1, -0.05) is 0 Å². The number of carbonyl (C=O) groups excluding carboxylic acids is 2. The second kappa shape index (κ2) is 8.97. The number of aliphatic carboxylic acids is 3. The van der Waals surface area contributed by atoms with Crippen LogP contribution in [0.1, 0.15) is 32.1 Å². The molecule has 0 aliphatic carbocycles. The van der Waals surface area contributed by atoms with Crippen LogP contribution in [0.15, 0.2) is 0 Å². The van der Waals surface area contributed by atoms with E-state index in [9.17, 15) is 24.0 Å². The molecule has 1 rings (SSSR count). The smallest absolute Gasteiger partial charge is 0.326 e. The predicted molar refractivity (Wildman–Crippen MR) is 81.4 cm³/mol. The van der Waals surface area contributed by atoms with Crippen molar-refractivity contribution in [2.75, 3.05) is 6.54 Å². The van der Waals surface area contributed by atoms with E-state index >= 15 is 0 Å². The number of likely N-dealkylation sites (tertiary alicyclic amines) is 1. The van der Waals surface area contributed by atoms with Crippen LogP contribution < -0.4 is 11.1 Å². The standard InChI is InChI=1S/C14H21N3O8/c15-7(3-4-10(18)19)12(22)16-8(6-11(20)21)13(23)17-5-1-2-9(17)14(24)25/h7-9H,1-6,15H2,(H,16,22)(H,18,19)(H,20,21)(H,24,25). The zero-order chi connectivity index (χ0) is 19.1. The van der Waals surface area contributed by atoms with Gasteiger partial charge in [0.25, 0.3) is 0 Å². The fourth-order valence-corrected chi connectivity index (χ4v) is 2.55. The first-order valence-corrected chi connectivity index (χ1v) is 7.66. The van der Waals surface area contributed by atoms with Crippen LogP contribution in [-0.2, 0) is 24.0 Å². The molecule has 0 saturated carbocycles. The van der Waals surface area contributed by atoms with Crippen LogP contribution in [0.4, 0.5) is 0 Å². The number of nitrogens with one attached hydrogen (secondary N) is 1. The fourth-order valence-electron chi connectivity index (χ4n) is 2.55. The number of hydrogen-bond donors (Lipinski definition) is 5. The van der Waals surface area contributed by atoms with Crippen LogP contribution in [0.2, 0.25) is 0 Å². The summed E-state index contributed by atoms with van der Waals surface area (Å²) in [6, 6.07) is -3.77. The highest BCUT2D eigenvalue weighted by atomic mass is 16.4. The van der Waals surface area contributed by atoms with Gasteiger partial charge in [0.05, 0.1) is 12.5 Å². The van der Waals surface area contributed by atoms with Gasteiger partial charge >= 0.3 is 17.9 Å². The number of nitrogens with zero attached hydrogens (tertiary/aromatic N) is 1. The Labute approximate surface area is 142 Å². The lowest BCUT2D eigenvalue weighted by atomic mass is 10.1. The third-order valence-electron chi connectivity index (χ3n) is 3.82. The molecule has 1 aliphatic heterocycles. The van der Waals surface area contributed by atoms with E-state index in [1.807, 2.05) is 0 Å². The minimum Gasteiger partial charge on any atom is -0.481 e. The molecule has 1 saturated heterocycles. The van der Waals surface area contributed by atoms with Crippen molar-refractivity contribution in [3.8, 4) is 0 Å². The second-order valence-electron chi connectivity index (χ2n) is 5.73. The van der Waals surface area contributed by atoms with Crippen LogP contribution in [0.5, 0.6) is 0 Å². The van der Waals surface area contributed by atoms with Gasteiger partial charge < -0.3 is 31.3 Å². The average molecular weight is 359 g/mol. The van der Waals surface area contributed by atoms with Gasteiger partial charge in [-0.2, -0.15) is 0 Å². The van der Waals surface area contributed by atoms with Crippen molar-refractivity contribution in [1.29, 1.82) is 0 Å². The topological polar surface area (TPSA) is 187 Å². The molecule has 6 N–H and O–H groups in total. The SMILES string of the molecule is NC(CCC(=O)O)C(=O)NC(CC(=O)O)C(=O)N1CCCC1C(=O)O. The largest absolute Gasteiger partial charge is 0.481 e. The molecule has 0 aromatic rings. The lowest BCUT2D eigenvalue weighted by Gasteiger charge is -2.27. The fraction of sp³-hybridized carbons (Fsp3) is 0.643. The summed E-state index contributed by atoms with van der Waals surface area (Å²) in [6.45, 7) is 0.146. The lowest BCUT2D eigenvalue weighted by Crippen LogP contribution is -2.55. The minimum absolute atomic E-state index is 0.146. The molecule has 25 heavy (non-hydrogen) atoms. The molecule has 3 unspecified atom stereocenters. The molecular weight excluding hydrogens is 338 g/mol. The van der Waals surface area contributed by atoms with E-state index in [2.05, 4.69) is 5.32 Å². The second-order valence-corrected chi connectivity index (χ2v) is 5.73. The summed E-state index contributed by atoms with van der Waals surface area (Å²) in [5.74, 6) is -5.39. The minimum atomic E-state index is -1.47. The van der Waals surface area contributed by atoms with Crippen molar-refractivity contribution in [3.63, 3.8) is 0 Å². The Bertz CT molecular complexity index is 564. The van der Waals surface area contributed by atoms with E-state index in [1.165, 1.54) is 0 Å². The van der Waals surface area contributed by atoms with Crippen LogP contribution in [-0.4, -0.2) is 74.6 Å². The van der Waals surface area contributed by atoms with Crippen molar-refractivity contribution in [3.05, 3.63) is 0 Å². The van der Waals surface area contributed by atoms with Gasteiger partial charge in [0.1, 0.15) is 12.1 Å². The summed E-state index contributed by atoms with van der Waals surface area (Å²) in [4.78, 5) is 58.1. The summed E-state index contributed by atoms with van der Waals surface area (Å²) in [6.07, 6.45) is -0.587. The van der Waals surface area contributed by atoms with Gasteiger partial charge in [0, 0.05) is 13.0 Å². The lowest BCUT2D eigenvalue weighted by molar-refractivity contribution is -0.150. The van der Waals surface area contributed by atoms with Gasteiger partial charge in [-0.15, -0.1) is 0 Å². The molecule has 3 atom stereocenters. The van der Waals surface area contributed by atoms with Crippen molar-refractivity contribution >= 4 is 29.7 Å². The normalized spacial score (nSPS) is 19.1. The zero-order valence-corrected chi connectivity index (χ0v) is 13.4. The summed E-state index contributed by atoms with van der Waals surface area (Å²) in [5.41, 5.74) is 5.53. The zero-order valence-electron chi connectivity index (χ0n) is 13.4. The molecule has 0 aromatic heterocycles. The van der Waals surface area contributed by atoms with Gasteiger partial charge in [0.2, 0.25) is 11.8 Å². The van der Waals surface area contributed by atoms with Gasteiger partial charge in [-0.05, 0) is 19.3 Å². The summed E-state index contributed by atoms with van der Waals surface area (Å²) >= 11 is 0. The van der Waals surface area contributed by atoms with Crippen molar-refractivity contribution < 1.29 is 39.3 Å². The number of carboxylic acids is 3. The number of carbonyl (C=O) groups is 5. The third-order valence-corrected chi connectivity index (χ3v) is 3.82. The van der Waals surface area contributed by atoms with E-state index in [4.69, 9.17) is 21.1 Å². The van der Waals surface area contributed by atoms with Crippen LogP contribution in [0.25, 0.3) is 0 Å². The molecule has 140 valence electrons. The Kier molecular flexibility index (Phi) is 7.30. The first-order valence-electron chi connectivity index (χ1n) is 7.66. The number of nitrogens with two attached hydrogens (primary N) is 1. The van der Waals surface area contributed by atoms with E-state index in [-0.39, 0.29) is 25.8 Å². The Hall–Kier alpha value is -2.69. The van der Waals surface area contributed by atoms with Crippen LogP contribution in [0.3, 0.4) is 0 Å². The van der Waals surface area contributed by atoms with E-state index in [0.717, 1.165) is 4.90 Å². The molecule has 11 nitrogen and oxygen atoms in total. The van der Waals surface area contributed by atoms with Gasteiger partial charge in [-0.25, -0.2) is 4.79 Å². The quantitative estimate of drug-likeness (QED) is 0.317. The number of amides is 2. The molecule has 1 heterocycles. The van der Waals surface area contributed by atoms with Crippen molar-refractivity contribution in [2.24, 2.45) is 5.73 Å². The molecule has 0 spiro atoms. The van der Waals surface area contributed by atoms with Crippen LogP contribution >= 0.6 is 0 Å². The first kappa shape index (κ1) is 20.4. The van der Waals surface area contributed by atoms with Crippen molar-refractivity contribution in [2.45, 2.75) is 50.2 Å². The molecular formula is C14H21N3O8. The average Bonchev–Trinajstić information content (AvgIpc) is 3.00. The number of carboxylic acid groups (broad SMARTS) is 3. The van der Waals surface area contributed by atoms with E-state index in [1.54, 1.807) is 0 Å². The first-order chi connectivity index (χ1) is 11.6. The number of rotatable bonds is 9. The molecule has 0 radical (unpaired) electrons. The molecule has 1 fully saturated rings. The molecule has 0 aromatic carbocycles. The molecule has 2 amide bonds. The molecule has 0 bridgehead atoms. The van der Waals surface area contributed by atoms with Gasteiger partial charge in [0.15, 0.2) is 0 Å². The maximum absolute atomic E-state index is 12.5. The maximum Gasteiger partial charge on any atom is 0.326 e. The third kappa shape index (κ3) is 6.03. The summed E-state index contributed by atoms with van der Waals surface area (Å²) in [7, 11) is 0. The Morgan fingerprint density at radius 2 is 1.76 bits per heavy atom. The summed E-state index contributed by atoms with van der Waals surface area (Å²) in [5, 5.41) is 28.8. The number of hydrogen-bond acceptors (Lipinski definition) is 6. The summed E-state index contributed by atoms with van der Waals surface area (Å²) < 4.78 is 0.